The van der Waals surface area contributed by atoms with E-state index in [1.807, 2.05) is 32.9 Å². The van der Waals surface area contributed by atoms with Gasteiger partial charge in [-0.3, -0.25) is 9.88 Å². The van der Waals surface area contributed by atoms with E-state index in [-0.39, 0.29) is 15.9 Å². The van der Waals surface area contributed by atoms with E-state index in [1.165, 1.54) is 6.20 Å². The zero-order chi connectivity index (χ0) is 32.6. The Morgan fingerprint density at radius 2 is 1.57 bits per heavy atom. The topological polar surface area (TPSA) is 109 Å². The maximum Gasteiger partial charge on any atom is 0.210 e. The van der Waals surface area contributed by atoms with Gasteiger partial charge in [0.1, 0.15) is 22.5 Å². The van der Waals surface area contributed by atoms with Crippen molar-refractivity contribution in [2.75, 3.05) is 50.4 Å². The lowest BCUT2D eigenvalue weighted by molar-refractivity contribution is 0.0170. The Kier molecular flexibility index (Phi) is 9.90. The molecule has 1 aromatic heterocycles. The second-order valence-corrected chi connectivity index (χ2v) is 17.4. The molecule has 1 N–H and O–H groups in total. The highest BCUT2D eigenvalue weighted by molar-refractivity contribution is 7.91. The largest absolute Gasteiger partial charge is 0.612 e. The lowest BCUT2D eigenvalue weighted by Gasteiger charge is -2.45. The van der Waals surface area contributed by atoms with E-state index in [2.05, 4.69) is 19.7 Å². The van der Waals surface area contributed by atoms with E-state index in [0.717, 1.165) is 77.8 Å². The first-order valence-electron chi connectivity index (χ1n) is 16.6. The number of sulfone groups is 1. The maximum atomic E-state index is 14.3. The Hall–Kier alpha value is -2.41. The van der Waals surface area contributed by atoms with Crippen LogP contribution in [-0.2, 0) is 21.0 Å². The summed E-state index contributed by atoms with van der Waals surface area (Å²) in [7, 11) is -3.93. The van der Waals surface area contributed by atoms with Gasteiger partial charge in [0.05, 0.1) is 22.2 Å². The van der Waals surface area contributed by atoms with Crippen molar-refractivity contribution >= 4 is 37.6 Å². The molecule has 11 heteroatoms. The number of hydrogen-bond donors (Lipinski definition) is 1. The highest BCUT2D eigenvalue weighted by atomic mass is 32.2. The number of benzene rings is 2. The van der Waals surface area contributed by atoms with Gasteiger partial charge in [0, 0.05) is 49.4 Å². The number of ether oxygens (including phenoxy) is 1. The molecule has 2 aromatic carbocycles. The van der Waals surface area contributed by atoms with Crippen molar-refractivity contribution in [2.24, 2.45) is 0 Å². The van der Waals surface area contributed by atoms with E-state index in [9.17, 15) is 18.1 Å². The van der Waals surface area contributed by atoms with Crippen LogP contribution in [0.2, 0.25) is 0 Å². The average Bonchev–Trinajstić information content (AvgIpc) is 3.03. The fourth-order valence-corrected chi connectivity index (χ4v) is 9.37. The van der Waals surface area contributed by atoms with Gasteiger partial charge in [-0.1, -0.05) is 0 Å². The van der Waals surface area contributed by atoms with Gasteiger partial charge < -0.3 is 24.2 Å². The number of anilines is 1. The standard InChI is InChI=1S/C35H48N4O5S2/c1-35(2,3)44-28-7-10-30(11-8-28)46(42,43)33-23-36-32-12-9-29(45(4)41)22-31(32)34(33)38-20-15-25(16-21-38)37-18-13-26(14-19-37)39-17-5-6-27(40)24-39/h7-12,22-23,25-27,40H,5-6,13-21,24H2,1-4H3/t27-,45?/m1/s1. The molecule has 0 bridgehead atoms. The van der Waals surface area contributed by atoms with Crippen LogP contribution in [0.25, 0.3) is 10.9 Å². The Morgan fingerprint density at radius 3 is 2.20 bits per heavy atom. The van der Waals surface area contributed by atoms with Crippen molar-refractivity contribution in [1.82, 2.24) is 14.8 Å². The van der Waals surface area contributed by atoms with Gasteiger partial charge in [-0.25, -0.2) is 8.42 Å². The molecule has 2 atom stereocenters. The third-order valence-electron chi connectivity index (χ3n) is 9.70. The number of piperidine rings is 3. The maximum absolute atomic E-state index is 14.3. The summed E-state index contributed by atoms with van der Waals surface area (Å²) in [6, 6.07) is 13.1. The summed E-state index contributed by atoms with van der Waals surface area (Å²) < 4.78 is 46.9. The van der Waals surface area contributed by atoms with Gasteiger partial charge in [-0.15, -0.1) is 0 Å². The number of likely N-dealkylation sites (tertiary alicyclic amines) is 2. The number of aliphatic hydroxyl groups excluding tert-OH is 1. The first-order valence-corrected chi connectivity index (χ1v) is 19.6. The van der Waals surface area contributed by atoms with Crippen LogP contribution >= 0.6 is 0 Å². The molecule has 6 rings (SSSR count). The molecule has 9 nitrogen and oxygen atoms in total. The Balaban J connectivity index is 1.24. The zero-order valence-electron chi connectivity index (χ0n) is 27.5. The van der Waals surface area contributed by atoms with E-state index in [4.69, 9.17) is 4.74 Å². The number of rotatable bonds is 7. The normalized spacial score (nSPS) is 22.3. The molecule has 0 saturated carbocycles. The molecule has 3 fully saturated rings. The fourth-order valence-electron chi connectivity index (χ4n) is 7.39. The lowest BCUT2D eigenvalue weighted by Crippen LogP contribution is -2.53. The summed E-state index contributed by atoms with van der Waals surface area (Å²) in [5, 5.41) is 10.9. The first kappa shape index (κ1) is 33.5. The van der Waals surface area contributed by atoms with Gasteiger partial charge in [0.25, 0.3) is 0 Å². The van der Waals surface area contributed by atoms with Crippen molar-refractivity contribution in [1.29, 1.82) is 0 Å². The van der Waals surface area contributed by atoms with Crippen molar-refractivity contribution in [2.45, 2.75) is 97.8 Å². The van der Waals surface area contributed by atoms with Crippen LogP contribution in [0.15, 0.2) is 63.3 Å². The lowest BCUT2D eigenvalue weighted by atomic mass is 9.95. The quantitative estimate of drug-likeness (QED) is 0.353. The van der Waals surface area contributed by atoms with Gasteiger partial charge in [-0.2, -0.15) is 0 Å². The zero-order valence-corrected chi connectivity index (χ0v) is 29.2. The monoisotopic (exact) mass is 668 g/mol. The van der Waals surface area contributed by atoms with Gasteiger partial charge in [0.2, 0.25) is 9.84 Å². The van der Waals surface area contributed by atoms with E-state index in [1.54, 1.807) is 36.6 Å². The highest BCUT2D eigenvalue weighted by Gasteiger charge is 2.34. The Morgan fingerprint density at radius 1 is 0.913 bits per heavy atom. The van der Waals surface area contributed by atoms with E-state index >= 15 is 0 Å². The van der Waals surface area contributed by atoms with Gasteiger partial charge in [0.15, 0.2) is 4.90 Å². The molecule has 3 aliphatic rings. The summed E-state index contributed by atoms with van der Waals surface area (Å²) in [5.41, 5.74) is 0.934. The molecule has 0 radical (unpaired) electrons. The average molecular weight is 669 g/mol. The number of hydrogen-bond acceptors (Lipinski definition) is 9. The third kappa shape index (κ3) is 7.34. The number of β-amino-alcohol motifs (C(OH)–C–C–N with tert-alkyl or cyclic N) is 1. The number of aromatic nitrogens is 1. The molecule has 0 amide bonds. The molecule has 4 heterocycles. The van der Waals surface area contributed by atoms with Gasteiger partial charge >= 0.3 is 0 Å². The number of pyridine rings is 1. The van der Waals surface area contributed by atoms with E-state index in [0.29, 0.717) is 39.3 Å². The smallest absolute Gasteiger partial charge is 0.210 e. The molecule has 46 heavy (non-hydrogen) atoms. The Labute approximate surface area is 277 Å². The Bertz CT molecular complexity index is 1610. The first-order chi connectivity index (χ1) is 21.9. The predicted octanol–water partition coefficient (Wildman–Crippen LogP) is 4.87. The highest BCUT2D eigenvalue weighted by Crippen LogP contribution is 2.39. The summed E-state index contributed by atoms with van der Waals surface area (Å²) in [4.78, 5) is 12.9. The van der Waals surface area contributed by atoms with Crippen LogP contribution in [0.1, 0.15) is 59.3 Å². The van der Waals surface area contributed by atoms with Gasteiger partial charge in [-0.05, 0) is 127 Å². The van der Waals surface area contributed by atoms with E-state index < -0.39 is 26.6 Å². The van der Waals surface area contributed by atoms with Crippen LogP contribution in [0.5, 0.6) is 5.75 Å². The van der Waals surface area contributed by atoms with Crippen molar-refractivity contribution in [3.05, 3.63) is 48.7 Å². The molecule has 3 aliphatic heterocycles. The minimum atomic E-state index is -3.93. The fraction of sp³-hybridized carbons (Fsp3) is 0.571. The van der Waals surface area contributed by atoms with Crippen molar-refractivity contribution in [3.8, 4) is 5.75 Å². The number of fused-ring (bicyclic) bond motifs is 1. The molecule has 3 saturated heterocycles. The summed E-state index contributed by atoms with van der Waals surface area (Å²) in [6.45, 7) is 11.3. The number of nitrogens with zero attached hydrogens (tertiary/aromatic N) is 4. The predicted molar refractivity (Wildman–Crippen MR) is 183 cm³/mol. The second-order valence-electron chi connectivity index (χ2n) is 14.1. The van der Waals surface area contributed by atoms with Crippen LogP contribution < -0.4 is 9.64 Å². The molecule has 3 aromatic rings. The number of aliphatic hydroxyl groups is 1. The van der Waals surface area contributed by atoms with Crippen LogP contribution in [-0.4, -0.2) is 102 Å². The van der Waals surface area contributed by atoms with Crippen molar-refractivity contribution in [3.63, 3.8) is 0 Å². The SMILES string of the molecule is C[S+]([O-])c1ccc2ncc(S(=O)(=O)c3ccc(OC(C)(C)C)cc3)c(N3CCC(N4CCC(N5CCC[C@@H](O)C5)CC4)CC3)c2c1. The summed E-state index contributed by atoms with van der Waals surface area (Å²) in [5.74, 6) is 0.609. The summed E-state index contributed by atoms with van der Waals surface area (Å²) in [6.07, 6.45) is 9.06. The minimum absolute atomic E-state index is 0.173. The van der Waals surface area contributed by atoms with Crippen LogP contribution in [0.4, 0.5) is 5.69 Å². The molecule has 0 spiro atoms. The molecule has 250 valence electrons. The third-order valence-corrected chi connectivity index (χ3v) is 12.4. The summed E-state index contributed by atoms with van der Waals surface area (Å²) >= 11 is -1.22. The van der Waals surface area contributed by atoms with Crippen molar-refractivity contribution < 1.29 is 22.8 Å². The molecule has 0 aliphatic carbocycles. The molecular weight excluding hydrogens is 621 g/mol. The van der Waals surface area contributed by atoms with Crippen LogP contribution in [0.3, 0.4) is 0 Å². The minimum Gasteiger partial charge on any atom is -0.612 e. The van der Waals surface area contributed by atoms with Crippen LogP contribution in [0, 0.1) is 0 Å². The second kappa shape index (κ2) is 13.6. The molecule has 1 unspecified atom stereocenters. The molecular formula is C35H48N4O5S2.